The number of amides is 3. The van der Waals surface area contributed by atoms with E-state index in [2.05, 4.69) is 40.5 Å². The lowest BCUT2D eigenvalue weighted by Gasteiger charge is -2.38. The van der Waals surface area contributed by atoms with Gasteiger partial charge in [-0.25, -0.2) is 4.79 Å². The minimum absolute atomic E-state index is 0.0191. The quantitative estimate of drug-likeness (QED) is 0.887. The molecule has 3 aliphatic rings. The Bertz CT molecular complexity index is 651. The highest BCUT2D eigenvalue weighted by atomic mass is 16.2. The van der Waals surface area contributed by atoms with Crippen molar-refractivity contribution in [1.82, 2.24) is 15.1 Å². The monoisotopic (exact) mass is 369 g/mol. The molecule has 1 saturated carbocycles. The van der Waals surface area contributed by atoms with Crippen molar-refractivity contribution in [3.8, 4) is 0 Å². The summed E-state index contributed by atoms with van der Waals surface area (Å²) in [6, 6.07) is 11.0. The Labute approximate surface area is 162 Å². The predicted octanol–water partition coefficient (Wildman–Crippen LogP) is 3.05. The largest absolute Gasteiger partial charge is 0.342 e. The van der Waals surface area contributed by atoms with Crippen LogP contribution in [-0.4, -0.2) is 54.0 Å². The summed E-state index contributed by atoms with van der Waals surface area (Å²) in [6.07, 6.45) is 7.31. The van der Waals surface area contributed by atoms with Gasteiger partial charge in [-0.3, -0.25) is 4.79 Å². The topological polar surface area (TPSA) is 52.7 Å². The van der Waals surface area contributed by atoms with E-state index in [0.29, 0.717) is 18.5 Å². The van der Waals surface area contributed by atoms with Gasteiger partial charge in [0.2, 0.25) is 5.91 Å². The number of likely N-dealkylation sites (tertiary alicyclic amines) is 2. The molecule has 1 aromatic carbocycles. The summed E-state index contributed by atoms with van der Waals surface area (Å²) in [7, 11) is 0. The summed E-state index contributed by atoms with van der Waals surface area (Å²) >= 11 is 0. The minimum atomic E-state index is -0.0191. The first-order chi connectivity index (χ1) is 13.2. The smallest absolute Gasteiger partial charge is 0.317 e. The third kappa shape index (κ3) is 4.82. The van der Waals surface area contributed by atoms with E-state index in [1.807, 2.05) is 4.90 Å². The van der Waals surface area contributed by atoms with E-state index in [-0.39, 0.29) is 17.9 Å². The molecule has 1 N–H and O–H groups in total. The zero-order valence-electron chi connectivity index (χ0n) is 16.1. The highest BCUT2D eigenvalue weighted by Crippen LogP contribution is 2.26. The molecule has 1 aliphatic carbocycles. The number of hydrogen-bond acceptors (Lipinski definition) is 2. The molecule has 27 heavy (non-hydrogen) atoms. The van der Waals surface area contributed by atoms with Crippen LogP contribution in [0.5, 0.6) is 0 Å². The lowest BCUT2D eigenvalue weighted by molar-refractivity contribution is -0.138. The maximum atomic E-state index is 13.0. The van der Waals surface area contributed by atoms with Gasteiger partial charge in [0, 0.05) is 32.2 Å². The molecule has 0 bridgehead atoms. The molecule has 3 amide bonds. The van der Waals surface area contributed by atoms with Crippen molar-refractivity contribution in [2.45, 2.75) is 51.0 Å². The fourth-order valence-corrected chi connectivity index (χ4v) is 4.42. The Hall–Kier alpha value is -2.04. The molecule has 5 nitrogen and oxygen atoms in total. The first-order valence-corrected chi connectivity index (χ1v) is 10.6. The van der Waals surface area contributed by atoms with Crippen molar-refractivity contribution in [2.24, 2.45) is 11.8 Å². The summed E-state index contributed by atoms with van der Waals surface area (Å²) in [4.78, 5) is 29.2. The van der Waals surface area contributed by atoms with Gasteiger partial charge >= 0.3 is 6.03 Å². The number of rotatable bonds is 4. The molecule has 1 aromatic rings. The molecule has 146 valence electrons. The van der Waals surface area contributed by atoms with Gasteiger partial charge in [-0.15, -0.1) is 0 Å². The second kappa shape index (κ2) is 8.32. The molecular formula is C22H31N3O2. The van der Waals surface area contributed by atoms with Crippen molar-refractivity contribution >= 4 is 11.9 Å². The SMILES string of the molecule is O=C(NC1CC1)N1CCCC(C(=O)N2CCC(Cc3ccccc3)CC2)C1. The first-order valence-electron chi connectivity index (χ1n) is 10.6. The van der Waals surface area contributed by atoms with Gasteiger partial charge in [0.1, 0.15) is 0 Å². The summed E-state index contributed by atoms with van der Waals surface area (Å²) in [5.41, 5.74) is 1.40. The van der Waals surface area contributed by atoms with Crippen LogP contribution in [0.25, 0.3) is 0 Å². The molecule has 1 unspecified atom stereocenters. The van der Waals surface area contributed by atoms with Crippen LogP contribution in [0, 0.1) is 11.8 Å². The van der Waals surface area contributed by atoms with Crippen LogP contribution >= 0.6 is 0 Å². The molecule has 2 aliphatic heterocycles. The highest BCUT2D eigenvalue weighted by Gasteiger charge is 2.34. The molecule has 3 fully saturated rings. The van der Waals surface area contributed by atoms with E-state index < -0.39 is 0 Å². The Morgan fingerprint density at radius 1 is 0.926 bits per heavy atom. The van der Waals surface area contributed by atoms with Crippen LogP contribution in [0.15, 0.2) is 30.3 Å². The summed E-state index contributed by atoms with van der Waals surface area (Å²) < 4.78 is 0. The molecule has 0 radical (unpaired) electrons. The molecule has 0 aromatic heterocycles. The molecule has 2 heterocycles. The summed E-state index contributed by atoms with van der Waals surface area (Å²) in [6.45, 7) is 3.09. The second-order valence-corrected chi connectivity index (χ2v) is 8.47. The van der Waals surface area contributed by atoms with Gasteiger partial charge in [-0.2, -0.15) is 0 Å². The fraction of sp³-hybridized carbons (Fsp3) is 0.636. The second-order valence-electron chi connectivity index (χ2n) is 8.47. The number of carbonyl (C=O) groups is 2. The zero-order chi connectivity index (χ0) is 18.6. The van der Waals surface area contributed by atoms with Crippen molar-refractivity contribution in [3.05, 3.63) is 35.9 Å². The molecule has 5 heteroatoms. The normalized spacial score (nSPS) is 23.9. The van der Waals surface area contributed by atoms with Gasteiger partial charge in [0.05, 0.1) is 5.92 Å². The van der Waals surface area contributed by atoms with Crippen LogP contribution in [0.4, 0.5) is 4.79 Å². The standard InChI is InChI=1S/C22H31N3O2/c26-21(19-7-4-12-25(16-19)22(27)23-20-8-9-20)24-13-10-18(11-14-24)15-17-5-2-1-3-6-17/h1-3,5-6,18-20H,4,7-16H2,(H,23,27). The number of nitrogens with zero attached hydrogens (tertiary/aromatic N) is 2. The molecule has 1 atom stereocenters. The van der Waals surface area contributed by atoms with Crippen LogP contribution in [0.3, 0.4) is 0 Å². The van der Waals surface area contributed by atoms with Gasteiger partial charge < -0.3 is 15.1 Å². The molecular weight excluding hydrogens is 338 g/mol. The van der Waals surface area contributed by atoms with Crippen LogP contribution in [-0.2, 0) is 11.2 Å². The Balaban J connectivity index is 1.25. The first kappa shape index (κ1) is 18.3. The Kier molecular flexibility index (Phi) is 5.65. The number of carbonyl (C=O) groups excluding carboxylic acids is 2. The number of benzene rings is 1. The number of hydrogen-bond donors (Lipinski definition) is 1. The van der Waals surface area contributed by atoms with Crippen molar-refractivity contribution in [2.75, 3.05) is 26.2 Å². The number of piperidine rings is 2. The number of urea groups is 1. The third-order valence-corrected chi connectivity index (χ3v) is 6.26. The van der Waals surface area contributed by atoms with Crippen LogP contribution in [0.1, 0.15) is 44.1 Å². The van der Waals surface area contributed by atoms with E-state index in [1.54, 1.807) is 0 Å². The fourth-order valence-electron chi connectivity index (χ4n) is 4.42. The van der Waals surface area contributed by atoms with E-state index in [9.17, 15) is 9.59 Å². The van der Waals surface area contributed by atoms with Crippen molar-refractivity contribution < 1.29 is 9.59 Å². The van der Waals surface area contributed by atoms with Gasteiger partial charge in [-0.1, -0.05) is 30.3 Å². The average molecular weight is 370 g/mol. The minimum Gasteiger partial charge on any atom is -0.342 e. The van der Waals surface area contributed by atoms with Crippen molar-refractivity contribution in [1.29, 1.82) is 0 Å². The lowest BCUT2D eigenvalue weighted by atomic mass is 9.89. The zero-order valence-corrected chi connectivity index (χ0v) is 16.1. The molecule has 2 saturated heterocycles. The van der Waals surface area contributed by atoms with E-state index in [1.165, 1.54) is 5.56 Å². The van der Waals surface area contributed by atoms with Gasteiger partial charge in [0.15, 0.2) is 0 Å². The van der Waals surface area contributed by atoms with Crippen LogP contribution in [0.2, 0.25) is 0 Å². The maximum absolute atomic E-state index is 13.0. The highest BCUT2D eigenvalue weighted by molar-refractivity contribution is 5.81. The van der Waals surface area contributed by atoms with Crippen molar-refractivity contribution in [3.63, 3.8) is 0 Å². The van der Waals surface area contributed by atoms with Gasteiger partial charge in [-0.05, 0) is 56.4 Å². The average Bonchev–Trinajstić information content (AvgIpc) is 3.53. The predicted molar refractivity (Wildman–Crippen MR) is 105 cm³/mol. The molecule has 4 rings (SSSR count). The number of nitrogens with one attached hydrogen (secondary N) is 1. The third-order valence-electron chi connectivity index (χ3n) is 6.26. The lowest BCUT2D eigenvalue weighted by Crippen LogP contribution is -2.51. The summed E-state index contributed by atoms with van der Waals surface area (Å²) in [5.74, 6) is 0.912. The van der Waals surface area contributed by atoms with E-state index in [0.717, 1.165) is 64.6 Å². The Morgan fingerprint density at radius 3 is 2.37 bits per heavy atom. The Morgan fingerprint density at radius 2 is 1.67 bits per heavy atom. The van der Waals surface area contributed by atoms with Crippen LogP contribution < -0.4 is 5.32 Å². The maximum Gasteiger partial charge on any atom is 0.317 e. The van der Waals surface area contributed by atoms with Gasteiger partial charge in [0.25, 0.3) is 0 Å². The summed E-state index contributed by atoms with van der Waals surface area (Å²) in [5, 5.41) is 3.05. The molecule has 0 spiro atoms. The van der Waals surface area contributed by atoms with E-state index in [4.69, 9.17) is 0 Å². The van der Waals surface area contributed by atoms with E-state index >= 15 is 0 Å².